The second kappa shape index (κ2) is 6.62. The Balaban J connectivity index is 1.49. The Morgan fingerprint density at radius 2 is 2.29 bits per heavy atom. The van der Waals surface area contributed by atoms with Gasteiger partial charge in [-0.1, -0.05) is 0 Å². The van der Waals surface area contributed by atoms with Crippen LogP contribution in [0.15, 0.2) is 24.8 Å². The molecule has 0 saturated carbocycles. The SMILES string of the molecule is Cc1ccc(N2CCC[C@@H](NCCn3cncn3)C2)nn1. The molecule has 1 aliphatic heterocycles. The van der Waals surface area contributed by atoms with E-state index in [1.807, 2.05) is 17.7 Å². The summed E-state index contributed by atoms with van der Waals surface area (Å²) in [5.74, 6) is 0.975. The van der Waals surface area contributed by atoms with E-state index in [2.05, 4.69) is 36.6 Å². The smallest absolute Gasteiger partial charge is 0.151 e. The summed E-state index contributed by atoms with van der Waals surface area (Å²) in [6.07, 6.45) is 5.69. The highest BCUT2D eigenvalue weighted by Crippen LogP contribution is 2.17. The zero-order valence-corrected chi connectivity index (χ0v) is 12.3. The molecule has 1 fully saturated rings. The number of aryl methyl sites for hydroxylation is 1. The fourth-order valence-corrected chi connectivity index (χ4v) is 2.64. The van der Waals surface area contributed by atoms with Gasteiger partial charge in [-0.05, 0) is 31.9 Å². The largest absolute Gasteiger partial charge is 0.354 e. The molecule has 7 nitrogen and oxygen atoms in total. The quantitative estimate of drug-likeness (QED) is 0.870. The lowest BCUT2D eigenvalue weighted by atomic mass is 10.1. The van der Waals surface area contributed by atoms with Gasteiger partial charge in [0.25, 0.3) is 0 Å². The van der Waals surface area contributed by atoms with Crippen LogP contribution in [0.2, 0.25) is 0 Å². The topological polar surface area (TPSA) is 71.8 Å². The Kier molecular flexibility index (Phi) is 4.40. The van der Waals surface area contributed by atoms with Crippen molar-refractivity contribution in [1.82, 2.24) is 30.3 Å². The Morgan fingerprint density at radius 3 is 3.05 bits per heavy atom. The first-order valence-corrected chi connectivity index (χ1v) is 7.42. The van der Waals surface area contributed by atoms with Crippen molar-refractivity contribution < 1.29 is 0 Å². The van der Waals surface area contributed by atoms with Crippen LogP contribution in [0.5, 0.6) is 0 Å². The normalized spacial score (nSPS) is 18.9. The van der Waals surface area contributed by atoms with Gasteiger partial charge < -0.3 is 10.2 Å². The summed E-state index contributed by atoms with van der Waals surface area (Å²) in [6.45, 7) is 5.75. The van der Waals surface area contributed by atoms with Crippen molar-refractivity contribution in [2.45, 2.75) is 32.4 Å². The Bertz CT molecular complexity index is 537. The number of nitrogens with one attached hydrogen (secondary N) is 1. The molecule has 0 radical (unpaired) electrons. The van der Waals surface area contributed by atoms with Gasteiger partial charge in [0.05, 0.1) is 12.2 Å². The first kappa shape index (κ1) is 13.9. The van der Waals surface area contributed by atoms with Crippen molar-refractivity contribution in [3.8, 4) is 0 Å². The van der Waals surface area contributed by atoms with Crippen LogP contribution in [0.3, 0.4) is 0 Å². The van der Waals surface area contributed by atoms with Gasteiger partial charge in [0.2, 0.25) is 0 Å². The average molecular weight is 287 g/mol. The molecule has 0 spiro atoms. The molecule has 1 atom stereocenters. The first-order chi connectivity index (χ1) is 10.3. The van der Waals surface area contributed by atoms with Crippen LogP contribution < -0.4 is 10.2 Å². The van der Waals surface area contributed by atoms with Crippen LogP contribution in [0, 0.1) is 6.92 Å². The molecule has 3 heterocycles. The van der Waals surface area contributed by atoms with Crippen molar-refractivity contribution in [1.29, 1.82) is 0 Å². The average Bonchev–Trinajstić information content (AvgIpc) is 3.02. The van der Waals surface area contributed by atoms with Gasteiger partial charge in [0.15, 0.2) is 5.82 Å². The molecule has 0 bridgehead atoms. The highest BCUT2D eigenvalue weighted by atomic mass is 15.3. The number of aromatic nitrogens is 5. The molecule has 1 N–H and O–H groups in total. The van der Waals surface area contributed by atoms with E-state index < -0.39 is 0 Å². The monoisotopic (exact) mass is 287 g/mol. The highest BCUT2D eigenvalue weighted by molar-refractivity contribution is 5.38. The summed E-state index contributed by atoms with van der Waals surface area (Å²) in [7, 11) is 0. The minimum atomic E-state index is 0.491. The fourth-order valence-electron chi connectivity index (χ4n) is 2.64. The number of rotatable bonds is 5. The molecular weight excluding hydrogens is 266 g/mol. The predicted molar refractivity (Wildman–Crippen MR) is 80.0 cm³/mol. The molecule has 112 valence electrons. The van der Waals surface area contributed by atoms with E-state index in [0.717, 1.165) is 37.7 Å². The fraction of sp³-hybridized carbons (Fsp3) is 0.571. The van der Waals surface area contributed by atoms with Crippen molar-refractivity contribution in [2.75, 3.05) is 24.5 Å². The van der Waals surface area contributed by atoms with E-state index in [1.165, 1.54) is 12.8 Å². The summed E-state index contributed by atoms with van der Waals surface area (Å²) in [4.78, 5) is 6.26. The zero-order chi connectivity index (χ0) is 14.5. The van der Waals surface area contributed by atoms with Gasteiger partial charge >= 0.3 is 0 Å². The lowest BCUT2D eigenvalue weighted by Gasteiger charge is -2.33. The van der Waals surface area contributed by atoms with Crippen molar-refractivity contribution >= 4 is 5.82 Å². The zero-order valence-electron chi connectivity index (χ0n) is 12.3. The molecule has 3 rings (SSSR count). The molecule has 1 aliphatic rings. The first-order valence-electron chi connectivity index (χ1n) is 7.42. The molecule has 0 aliphatic carbocycles. The Labute approximate surface area is 124 Å². The molecule has 7 heteroatoms. The van der Waals surface area contributed by atoms with E-state index in [9.17, 15) is 0 Å². The molecular formula is C14H21N7. The molecule has 2 aromatic rings. The highest BCUT2D eigenvalue weighted by Gasteiger charge is 2.20. The summed E-state index contributed by atoms with van der Waals surface area (Å²) in [6, 6.07) is 4.56. The summed E-state index contributed by atoms with van der Waals surface area (Å²) in [5, 5.41) is 16.1. The van der Waals surface area contributed by atoms with Gasteiger partial charge in [-0.15, -0.1) is 5.10 Å². The third-order valence-electron chi connectivity index (χ3n) is 3.77. The number of hydrogen-bond acceptors (Lipinski definition) is 6. The van der Waals surface area contributed by atoms with Gasteiger partial charge in [0.1, 0.15) is 12.7 Å². The lowest BCUT2D eigenvalue weighted by molar-refractivity contribution is 0.406. The van der Waals surface area contributed by atoms with Crippen LogP contribution in [0.4, 0.5) is 5.82 Å². The molecule has 0 amide bonds. The predicted octanol–water partition coefficient (Wildman–Crippen LogP) is 0.635. The maximum atomic E-state index is 4.28. The van der Waals surface area contributed by atoms with Gasteiger partial charge in [-0.25, -0.2) is 4.98 Å². The summed E-state index contributed by atoms with van der Waals surface area (Å²) < 4.78 is 1.85. The minimum absolute atomic E-state index is 0.491. The van der Waals surface area contributed by atoms with Gasteiger partial charge in [-0.3, -0.25) is 4.68 Å². The van der Waals surface area contributed by atoms with E-state index in [0.29, 0.717) is 6.04 Å². The lowest BCUT2D eigenvalue weighted by Crippen LogP contribution is -2.46. The van der Waals surface area contributed by atoms with Crippen LogP contribution in [0.1, 0.15) is 18.5 Å². The van der Waals surface area contributed by atoms with Crippen LogP contribution in [-0.4, -0.2) is 50.6 Å². The second-order valence-corrected chi connectivity index (χ2v) is 5.43. The standard InChI is InChI=1S/C14H21N7/c1-12-4-5-14(19-18-12)20-7-2-3-13(9-20)16-6-8-21-11-15-10-17-21/h4-5,10-11,13,16H,2-3,6-9H2,1H3/t13-/m1/s1. The summed E-state index contributed by atoms with van der Waals surface area (Å²) in [5.41, 5.74) is 0.957. The number of hydrogen-bond donors (Lipinski definition) is 1. The van der Waals surface area contributed by atoms with E-state index in [1.54, 1.807) is 12.7 Å². The Morgan fingerprint density at radius 1 is 1.33 bits per heavy atom. The van der Waals surface area contributed by atoms with Crippen molar-refractivity contribution in [3.63, 3.8) is 0 Å². The van der Waals surface area contributed by atoms with E-state index >= 15 is 0 Å². The Hall–Kier alpha value is -2.02. The number of anilines is 1. The maximum absolute atomic E-state index is 4.28. The van der Waals surface area contributed by atoms with Crippen LogP contribution >= 0.6 is 0 Å². The third kappa shape index (κ3) is 3.75. The van der Waals surface area contributed by atoms with Gasteiger partial charge in [-0.2, -0.15) is 10.2 Å². The summed E-state index contributed by atoms with van der Waals surface area (Å²) >= 11 is 0. The van der Waals surface area contributed by atoms with E-state index in [-0.39, 0.29) is 0 Å². The van der Waals surface area contributed by atoms with Gasteiger partial charge in [0, 0.05) is 25.7 Å². The maximum Gasteiger partial charge on any atom is 0.151 e. The van der Waals surface area contributed by atoms with E-state index in [4.69, 9.17) is 0 Å². The second-order valence-electron chi connectivity index (χ2n) is 5.43. The van der Waals surface area contributed by atoms with Crippen LogP contribution in [-0.2, 0) is 6.54 Å². The number of nitrogens with zero attached hydrogens (tertiary/aromatic N) is 6. The molecule has 21 heavy (non-hydrogen) atoms. The molecule has 1 saturated heterocycles. The van der Waals surface area contributed by atoms with Crippen LogP contribution in [0.25, 0.3) is 0 Å². The molecule has 0 aromatic carbocycles. The van der Waals surface area contributed by atoms with Crippen molar-refractivity contribution in [2.24, 2.45) is 0 Å². The third-order valence-corrected chi connectivity index (χ3v) is 3.77. The minimum Gasteiger partial charge on any atom is -0.354 e. The number of piperidine rings is 1. The molecule has 2 aromatic heterocycles. The molecule has 0 unspecified atom stereocenters. The van der Waals surface area contributed by atoms with Crippen molar-refractivity contribution in [3.05, 3.63) is 30.5 Å².